The van der Waals surface area contributed by atoms with Gasteiger partial charge in [0.15, 0.2) is 5.78 Å². The van der Waals surface area contributed by atoms with E-state index in [4.69, 9.17) is 0 Å². The average molecular weight is 346 g/mol. The summed E-state index contributed by atoms with van der Waals surface area (Å²) in [5.41, 5.74) is 2.46. The van der Waals surface area contributed by atoms with Crippen molar-refractivity contribution < 1.29 is 9.59 Å². The highest BCUT2D eigenvalue weighted by atomic mass is 79.9. The number of carbonyl (C=O) groups excluding carboxylic acids is 2. The third kappa shape index (κ3) is 3.45. The van der Waals surface area contributed by atoms with Gasteiger partial charge in [-0.1, -0.05) is 26.0 Å². The summed E-state index contributed by atoms with van der Waals surface area (Å²) < 4.78 is 0.709. The van der Waals surface area contributed by atoms with E-state index >= 15 is 0 Å². The van der Waals surface area contributed by atoms with E-state index in [2.05, 4.69) is 20.9 Å². The number of hydrogen-bond donors (Lipinski definition) is 0. The van der Waals surface area contributed by atoms with Crippen LogP contribution in [0, 0.1) is 5.92 Å². The maximum Gasteiger partial charge on any atom is 0.278 e. The van der Waals surface area contributed by atoms with Crippen LogP contribution in [0.1, 0.15) is 31.1 Å². The molecule has 3 nitrogen and oxygen atoms in total. The Kier molecular flexibility index (Phi) is 4.68. The fourth-order valence-corrected chi connectivity index (χ4v) is 2.52. The van der Waals surface area contributed by atoms with Crippen LogP contribution in [0.5, 0.6) is 0 Å². The van der Waals surface area contributed by atoms with Gasteiger partial charge in [-0.15, -0.1) is 0 Å². The van der Waals surface area contributed by atoms with E-state index in [1.807, 2.05) is 19.9 Å². The summed E-state index contributed by atoms with van der Waals surface area (Å²) >= 11 is 3.35. The Morgan fingerprint density at radius 2 is 1.86 bits per heavy atom. The van der Waals surface area contributed by atoms with Gasteiger partial charge in [-0.2, -0.15) is 0 Å². The Morgan fingerprint density at radius 1 is 1.19 bits per heavy atom. The number of nitrogens with zero attached hydrogens (tertiary/aromatic N) is 1. The molecule has 0 saturated carbocycles. The summed E-state index contributed by atoms with van der Waals surface area (Å²) in [5.74, 6) is -0.223. The molecular formula is C17H16BrNO2. The van der Waals surface area contributed by atoms with Gasteiger partial charge in [-0.05, 0) is 58.6 Å². The van der Waals surface area contributed by atoms with Gasteiger partial charge in [0.2, 0.25) is 0 Å². The van der Waals surface area contributed by atoms with Crippen molar-refractivity contribution >= 4 is 33.3 Å². The maximum absolute atomic E-state index is 12.3. The highest BCUT2D eigenvalue weighted by Gasteiger charge is 2.20. The van der Waals surface area contributed by atoms with Crippen LogP contribution >= 0.6 is 15.9 Å². The average Bonchev–Trinajstić information content (AvgIpc) is 2.41. The van der Waals surface area contributed by atoms with Crippen LogP contribution in [0.25, 0.3) is 0 Å². The van der Waals surface area contributed by atoms with Crippen LogP contribution in [0.4, 0.5) is 0 Å². The summed E-state index contributed by atoms with van der Waals surface area (Å²) in [4.78, 5) is 28.4. The molecule has 0 aliphatic heterocycles. The van der Waals surface area contributed by atoms with Crippen LogP contribution in [-0.4, -0.2) is 17.4 Å². The van der Waals surface area contributed by atoms with Crippen molar-refractivity contribution in [3.8, 4) is 0 Å². The van der Waals surface area contributed by atoms with Gasteiger partial charge < -0.3 is 0 Å². The van der Waals surface area contributed by atoms with Crippen molar-refractivity contribution in [3.63, 3.8) is 0 Å². The van der Waals surface area contributed by atoms with E-state index in [1.165, 1.54) is 0 Å². The lowest BCUT2D eigenvalue weighted by Crippen LogP contribution is -2.16. The van der Waals surface area contributed by atoms with Gasteiger partial charge in [-0.3, -0.25) is 9.59 Å². The van der Waals surface area contributed by atoms with E-state index in [0.29, 0.717) is 26.9 Å². The van der Waals surface area contributed by atoms with E-state index in [0.717, 1.165) is 0 Å². The van der Waals surface area contributed by atoms with Crippen LogP contribution in [-0.2, 0) is 4.79 Å². The lowest BCUT2D eigenvalue weighted by molar-refractivity contribution is -0.111. The normalized spacial score (nSPS) is 17.0. The minimum Gasteiger partial charge on any atom is -0.290 e. The molecule has 0 saturated heterocycles. The molecule has 0 spiro atoms. The monoisotopic (exact) mass is 345 g/mol. The van der Waals surface area contributed by atoms with Crippen LogP contribution in [0.3, 0.4) is 0 Å². The molecule has 0 radical (unpaired) electrons. The first-order valence-electron chi connectivity index (χ1n) is 6.72. The molecule has 0 N–H and O–H groups in total. The van der Waals surface area contributed by atoms with Crippen molar-refractivity contribution in [2.45, 2.75) is 20.8 Å². The second kappa shape index (κ2) is 6.31. The number of halogens is 1. The topological polar surface area (TPSA) is 46.5 Å². The quantitative estimate of drug-likeness (QED) is 0.756. The summed E-state index contributed by atoms with van der Waals surface area (Å²) in [6, 6.07) is 7.16. The van der Waals surface area contributed by atoms with E-state index in [9.17, 15) is 9.59 Å². The molecule has 0 atom stereocenters. The summed E-state index contributed by atoms with van der Waals surface area (Å²) in [6.45, 7) is 5.69. The van der Waals surface area contributed by atoms with Crippen LogP contribution in [0.2, 0.25) is 0 Å². The fraction of sp³-hybridized carbons (Fsp3) is 0.235. The Bertz CT molecular complexity index is 696. The summed E-state index contributed by atoms with van der Waals surface area (Å²) in [5, 5.41) is 0. The molecule has 108 valence electrons. The highest BCUT2D eigenvalue weighted by Crippen LogP contribution is 2.21. The summed E-state index contributed by atoms with van der Waals surface area (Å²) in [7, 11) is 0. The second-order valence-corrected chi connectivity index (χ2v) is 6.08. The first-order chi connectivity index (χ1) is 9.90. The number of aliphatic imine (C=N–C) groups is 1. The maximum atomic E-state index is 12.3. The zero-order valence-electron chi connectivity index (χ0n) is 12.2. The van der Waals surface area contributed by atoms with Crippen LogP contribution < -0.4 is 0 Å². The Labute approximate surface area is 132 Å². The van der Waals surface area contributed by atoms with Crippen molar-refractivity contribution in [2.75, 3.05) is 0 Å². The number of allylic oxidation sites excluding steroid dienone is 4. The van der Waals surface area contributed by atoms with E-state index < -0.39 is 0 Å². The van der Waals surface area contributed by atoms with Gasteiger partial charge in [-0.25, -0.2) is 4.99 Å². The minimum atomic E-state index is -0.320. The zero-order chi connectivity index (χ0) is 15.6. The first kappa shape index (κ1) is 15.6. The predicted octanol–water partition coefficient (Wildman–Crippen LogP) is 4.14. The van der Waals surface area contributed by atoms with E-state index in [1.54, 1.807) is 37.3 Å². The highest BCUT2D eigenvalue weighted by molar-refractivity contribution is 9.10. The molecule has 1 aromatic rings. The Balaban J connectivity index is 2.40. The van der Waals surface area contributed by atoms with Gasteiger partial charge in [0.05, 0.1) is 11.3 Å². The zero-order valence-corrected chi connectivity index (χ0v) is 13.8. The van der Waals surface area contributed by atoms with Crippen molar-refractivity contribution in [1.82, 2.24) is 0 Å². The predicted molar refractivity (Wildman–Crippen MR) is 87.6 cm³/mol. The molecule has 0 aromatic heterocycles. The molecule has 1 aromatic carbocycles. The van der Waals surface area contributed by atoms with Gasteiger partial charge in [0.1, 0.15) is 0 Å². The third-order valence-corrected chi connectivity index (χ3v) is 3.97. The molecule has 1 amide bonds. The molecule has 0 unspecified atom stereocenters. The van der Waals surface area contributed by atoms with Gasteiger partial charge in [0.25, 0.3) is 5.91 Å². The second-order valence-electron chi connectivity index (χ2n) is 5.23. The number of amides is 1. The molecule has 0 heterocycles. The van der Waals surface area contributed by atoms with Gasteiger partial charge >= 0.3 is 0 Å². The molecular weight excluding hydrogens is 330 g/mol. The SMILES string of the molecule is CC1=CC(=O)C(C(C)C)=CC1=NC(=O)c1ccccc1Br. The Hall–Kier alpha value is -1.81. The van der Waals surface area contributed by atoms with E-state index in [-0.39, 0.29) is 17.6 Å². The first-order valence-corrected chi connectivity index (χ1v) is 7.51. The molecule has 0 bridgehead atoms. The lowest BCUT2D eigenvalue weighted by atomic mass is 9.90. The van der Waals surface area contributed by atoms with Crippen molar-refractivity contribution in [1.29, 1.82) is 0 Å². The number of rotatable bonds is 2. The van der Waals surface area contributed by atoms with Crippen molar-refractivity contribution in [3.05, 3.63) is 57.6 Å². The number of ketones is 1. The van der Waals surface area contributed by atoms with Crippen molar-refractivity contribution in [2.24, 2.45) is 10.9 Å². The molecule has 4 heteroatoms. The lowest BCUT2D eigenvalue weighted by Gasteiger charge is -2.15. The molecule has 21 heavy (non-hydrogen) atoms. The number of carbonyl (C=O) groups is 2. The molecule has 0 fully saturated rings. The van der Waals surface area contributed by atoms with Crippen LogP contribution in [0.15, 0.2) is 57.0 Å². The third-order valence-electron chi connectivity index (χ3n) is 3.28. The standard InChI is InChI=1S/C17H16BrNO2/c1-10(2)13-9-15(11(3)8-16(13)20)19-17(21)12-6-4-5-7-14(12)18/h4-10H,1-3H3. The largest absolute Gasteiger partial charge is 0.290 e. The molecule has 2 rings (SSSR count). The summed E-state index contributed by atoms with van der Waals surface area (Å²) in [6.07, 6.45) is 3.26. The van der Waals surface area contributed by atoms with Gasteiger partial charge in [0, 0.05) is 10.0 Å². The Morgan fingerprint density at radius 3 is 2.48 bits per heavy atom. The molecule has 1 aliphatic carbocycles. The fourth-order valence-electron chi connectivity index (χ4n) is 2.06. The number of hydrogen-bond acceptors (Lipinski definition) is 2. The minimum absolute atomic E-state index is 0.00482. The molecule has 1 aliphatic rings. The smallest absolute Gasteiger partial charge is 0.278 e. The number of benzene rings is 1.